The standard InChI is InChI=1S/C22H23FN4O2/c1-15-3-4-17(13-19(15)23)22(28)27-11-9-26(10-12-27)21-14-20(24-25-21)16-5-7-18(29-2)8-6-16/h3-8,13-14H,9-12H2,1-2H3,(H,24,25). The average Bonchev–Trinajstić information content (AvgIpc) is 3.25. The number of aryl methyl sites for hydroxylation is 1. The van der Waals surface area contributed by atoms with Gasteiger partial charge in [0.15, 0.2) is 5.82 Å². The van der Waals surface area contributed by atoms with Crippen molar-refractivity contribution in [3.8, 4) is 17.0 Å². The van der Waals surface area contributed by atoms with Crippen molar-refractivity contribution in [1.29, 1.82) is 0 Å². The van der Waals surface area contributed by atoms with Crippen LogP contribution in [0.2, 0.25) is 0 Å². The van der Waals surface area contributed by atoms with Gasteiger partial charge in [-0.1, -0.05) is 6.07 Å². The van der Waals surface area contributed by atoms with Crippen LogP contribution in [0.25, 0.3) is 11.3 Å². The maximum atomic E-state index is 13.8. The van der Waals surface area contributed by atoms with Crippen LogP contribution in [0.4, 0.5) is 10.2 Å². The number of carbonyl (C=O) groups is 1. The van der Waals surface area contributed by atoms with Crippen LogP contribution in [0.15, 0.2) is 48.5 Å². The molecule has 150 valence electrons. The number of halogens is 1. The predicted molar refractivity (Wildman–Crippen MR) is 110 cm³/mol. The number of benzene rings is 2. The molecule has 2 heterocycles. The lowest BCUT2D eigenvalue weighted by Crippen LogP contribution is -2.49. The molecule has 3 aromatic rings. The van der Waals surface area contributed by atoms with Gasteiger partial charge in [-0.2, -0.15) is 5.10 Å². The molecule has 1 fully saturated rings. The largest absolute Gasteiger partial charge is 0.497 e. The van der Waals surface area contributed by atoms with Gasteiger partial charge in [0.25, 0.3) is 5.91 Å². The van der Waals surface area contributed by atoms with Crippen molar-refractivity contribution in [3.05, 3.63) is 65.5 Å². The third-order valence-corrected chi connectivity index (χ3v) is 5.28. The molecule has 1 aliphatic heterocycles. The SMILES string of the molecule is COc1ccc(-c2cc(N3CCN(C(=O)c4ccc(C)c(F)c4)CC3)n[nH]2)cc1. The van der Waals surface area contributed by atoms with Gasteiger partial charge in [0, 0.05) is 37.8 Å². The lowest BCUT2D eigenvalue weighted by Gasteiger charge is -2.34. The molecule has 7 heteroatoms. The Bertz CT molecular complexity index is 1010. The minimum Gasteiger partial charge on any atom is -0.497 e. The van der Waals surface area contributed by atoms with Crippen LogP contribution in [0.5, 0.6) is 5.75 Å². The van der Waals surface area contributed by atoms with Crippen LogP contribution < -0.4 is 9.64 Å². The van der Waals surface area contributed by atoms with Crippen LogP contribution in [-0.4, -0.2) is 54.3 Å². The highest BCUT2D eigenvalue weighted by atomic mass is 19.1. The average molecular weight is 394 g/mol. The van der Waals surface area contributed by atoms with Crippen molar-refractivity contribution in [2.45, 2.75) is 6.92 Å². The zero-order valence-corrected chi connectivity index (χ0v) is 16.5. The highest BCUT2D eigenvalue weighted by Gasteiger charge is 2.24. The third-order valence-electron chi connectivity index (χ3n) is 5.28. The lowest BCUT2D eigenvalue weighted by molar-refractivity contribution is 0.0746. The summed E-state index contributed by atoms with van der Waals surface area (Å²) in [5.74, 6) is 1.17. The zero-order chi connectivity index (χ0) is 20.4. The number of H-pyrrole nitrogens is 1. The molecule has 1 aromatic heterocycles. The first-order valence-electron chi connectivity index (χ1n) is 9.55. The summed E-state index contributed by atoms with van der Waals surface area (Å²) >= 11 is 0. The van der Waals surface area contributed by atoms with E-state index in [1.54, 1.807) is 31.1 Å². The first kappa shape index (κ1) is 19.0. The first-order chi connectivity index (χ1) is 14.0. The number of ether oxygens (including phenoxy) is 1. The monoisotopic (exact) mass is 394 g/mol. The number of carbonyl (C=O) groups excluding carboxylic acids is 1. The number of nitrogens with one attached hydrogen (secondary N) is 1. The van der Waals surface area contributed by atoms with E-state index < -0.39 is 0 Å². The van der Waals surface area contributed by atoms with E-state index >= 15 is 0 Å². The van der Waals surface area contributed by atoms with Gasteiger partial charge in [0.2, 0.25) is 0 Å². The third kappa shape index (κ3) is 3.94. The Balaban J connectivity index is 1.40. The molecule has 4 rings (SSSR count). The summed E-state index contributed by atoms with van der Waals surface area (Å²) in [5, 5.41) is 7.50. The molecule has 6 nitrogen and oxygen atoms in total. The van der Waals surface area contributed by atoms with E-state index in [2.05, 4.69) is 15.1 Å². The minimum atomic E-state index is -0.350. The molecule has 0 aliphatic carbocycles. The summed E-state index contributed by atoms with van der Waals surface area (Å²) in [6.45, 7) is 4.17. The number of hydrogen-bond acceptors (Lipinski definition) is 4. The van der Waals surface area contributed by atoms with E-state index in [1.165, 1.54) is 6.07 Å². The van der Waals surface area contributed by atoms with E-state index in [-0.39, 0.29) is 11.7 Å². The number of aromatic amines is 1. The van der Waals surface area contributed by atoms with Gasteiger partial charge in [-0.3, -0.25) is 9.89 Å². The topological polar surface area (TPSA) is 61.5 Å². The smallest absolute Gasteiger partial charge is 0.254 e. The van der Waals surface area contributed by atoms with Crippen LogP contribution in [-0.2, 0) is 0 Å². The molecular formula is C22H23FN4O2. The van der Waals surface area contributed by atoms with Gasteiger partial charge in [-0.05, 0) is 54.4 Å². The normalized spacial score (nSPS) is 14.2. The Morgan fingerprint density at radius 1 is 1.07 bits per heavy atom. The van der Waals surface area contributed by atoms with Crippen LogP contribution in [0.1, 0.15) is 15.9 Å². The van der Waals surface area contributed by atoms with E-state index in [1.807, 2.05) is 30.3 Å². The first-order valence-corrected chi connectivity index (χ1v) is 9.55. The van der Waals surface area contributed by atoms with Gasteiger partial charge in [-0.15, -0.1) is 0 Å². The fourth-order valence-corrected chi connectivity index (χ4v) is 3.44. The number of piperazine rings is 1. The van der Waals surface area contributed by atoms with Gasteiger partial charge in [0.05, 0.1) is 12.8 Å². The minimum absolute atomic E-state index is 0.135. The number of hydrogen-bond donors (Lipinski definition) is 1. The highest BCUT2D eigenvalue weighted by Crippen LogP contribution is 2.25. The van der Waals surface area contributed by atoms with Crippen molar-refractivity contribution < 1.29 is 13.9 Å². The molecular weight excluding hydrogens is 371 g/mol. The van der Waals surface area contributed by atoms with Crippen LogP contribution in [0.3, 0.4) is 0 Å². The molecule has 0 atom stereocenters. The Morgan fingerprint density at radius 3 is 2.45 bits per heavy atom. The number of rotatable bonds is 4. The lowest BCUT2D eigenvalue weighted by atomic mass is 10.1. The summed E-state index contributed by atoms with van der Waals surface area (Å²) in [4.78, 5) is 16.6. The number of aromatic nitrogens is 2. The number of methoxy groups -OCH3 is 1. The summed E-state index contributed by atoms with van der Waals surface area (Å²) < 4.78 is 19.0. The van der Waals surface area contributed by atoms with E-state index in [0.29, 0.717) is 37.3 Å². The maximum Gasteiger partial charge on any atom is 0.254 e. The van der Waals surface area contributed by atoms with E-state index in [0.717, 1.165) is 22.8 Å². The Hall–Kier alpha value is -3.35. The van der Waals surface area contributed by atoms with Crippen LogP contribution in [0, 0.1) is 12.7 Å². The van der Waals surface area contributed by atoms with E-state index in [9.17, 15) is 9.18 Å². The molecule has 1 aliphatic rings. The van der Waals surface area contributed by atoms with Gasteiger partial charge in [-0.25, -0.2) is 4.39 Å². The van der Waals surface area contributed by atoms with E-state index in [4.69, 9.17) is 4.74 Å². The van der Waals surface area contributed by atoms with Gasteiger partial charge < -0.3 is 14.5 Å². The molecule has 0 spiro atoms. The molecule has 2 aromatic carbocycles. The van der Waals surface area contributed by atoms with Gasteiger partial charge >= 0.3 is 0 Å². The second-order valence-corrected chi connectivity index (χ2v) is 7.11. The molecule has 29 heavy (non-hydrogen) atoms. The number of amides is 1. The molecule has 0 saturated carbocycles. The fourth-order valence-electron chi connectivity index (χ4n) is 3.44. The molecule has 1 amide bonds. The Morgan fingerprint density at radius 2 is 1.79 bits per heavy atom. The quantitative estimate of drug-likeness (QED) is 0.736. The summed E-state index contributed by atoms with van der Waals surface area (Å²) in [6.07, 6.45) is 0. The summed E-state index contributed by atoms with van der Waals surface area (Å²) in [6, 6.07) is 14.4. The van der Waals surface area contributed by atoms with Crippen LogP contribution >= 0.6 is 0 Å². The predicted octanol–water partition coefficient (Wildman–Crippen LogP) is 3.50. The number of anilines is 1. The second kappa shape index (κ2) is 7.95. The summed E-state index contributed by atoms with van der Waals surface area (Å²) in [5.41, 5.74) is 2.89. The molecule has 0 unspecified atom stereocenters. The van der Waals surface area contributed by atoms with Crippen molar-refractivity contribution in [2.24, 2.45) is 0 Å². The van der Waals surface area contributed by atoms with Crippen molar-refractivity contribution in [1.82, 2.24) is 15.1 Å². The Labute approximate surface area is 168 Å². The fraction of sp³-hybridized carbons (Fsp3) is 0.273. The molecule has 0 bridgehead atoms. The second-order valence-electron chi connectivity index (χ2n) is 7.11. The zero-order valence-electron chi connectivity index (χ0n) is 16.5. The molecule has 0 radical (unpaired) electrons. The Kier molecular flexibility index (Phi) is 5.20. The summed E-state index contributed by atoms with van der Waals surface area (Å²) in [7, 11) is 1.64. The van der Waals surface area contributed by atoms with Gasteiger partial charge in [0.1, 0.15) is 11.6 Å². The van der Waals surface area contributed by atoms with Crippen molar-refractivity contribution >= 4 is 11.7 Å². The molecule has 1 saturated heterocycles. The molecule has 1 N–H and O–H groups in total. The van der Waals surface area contributed by atoms with Crippen molar-refractivity contribution in [2.75, 3.05) is 38.2 Å². The highest BCUT2D eigenvalue weighted by molar-refractivity contribution is 5.94. The van der Waals surface area contributed by atoms with Crippen molar-refractivity contribution in [3.63, 3.8) is 0 Å². The number of nitrogens with zero attached hydrogens (tertiary/aromatic N) is 3. The maximum absolute atomic E-state index is 13.8.